The van der Waals surface area contributed by atoms with Crippen molar-refractivity contribution in [3.05, 3.63) is 41.8 Å². The molecule has 126 valence electrons. The zero-order chi connectivity index (χ0) is 17.3. The van der Waals surface area contributed by atoms with Crippen molar-refractivity contribution in [3.63, 3.8) is 0 Å². The predicted molar refractivity (Wildman–Crippen MR) is 91.9 cm³/mol. The van der Waals surface area contributed by atoms with Gasteiger partial charge in [-0.2, -0.15) is 5.10 Å². The smallest absolute Gasteiger partial charge is 0.228 e. The molecule has 1 aromatic heterocycles. The second-order valence-corrected chi connectivity index (χ2v) is 7.11. The summed E-state index contributed by atoms with van der Waals surface area (Å²) in [4.78, 5) is 25.2. The number of hydrogen-bond donors (Lipinski definition) is 0. The van der Waals surface area contributed by atoms with Gasteiger partial charge >= 0.3 is 0 Å². The molecule has 1 amide bonds. The van der Waals surface area contributed by atoms with Crippen molar-refractivity contribution in [3.8, 4) is 5.69 Å². The Bertz CT molecular complexity index is 773. The molecule has 1 fully saturated rings. The van der Waals surface area contributed by atoms with E-state index in [0.29, 0.717) is 30.2 Å². The second-order valence-electron chi connectivity index (χ2n) is 5.91. The summed E-state index contributed by atoms with van der Waals surface area (Å²) in [7, 11) is 0. The van der Waals surface area contributed by atoms with Crippen LogP contribution in [-0.4, -0.2) is 33.1 Å². The van der Waals surface area contributed by atoms with Gasteiger partial charge in [0.2, 0.25) is 5.91 Å². The van der Waals surface area contributed by atoms with E-state index < -0.39 is 0 Å². The summed E-state index contributed by atoms with van der Waals surface area (Å²) in [5, 5.41) is 4.49. The third-order valence-electron chi connectivity index (χ3n) is 3.89. The molecule has 1 aliphatic rings. The van der Waals surface area contributed by atoms with E-state index in [1.54, 1.807) is 21.7 Å². The summed E-state index contributed by atoms with van der Waals surface area (Å²) in [5.74, 6) is 1.17. The normalized spacial score (nSPS) is 17.5. The molecule has 0 aliphatic carbocycles. The number of hydrogen-bond acceptors (Lipinski definition) is 4. The lowest BCUT2D eigenvalue weighted by Gasteiger charge is -2.18. The van der Waals surface area contributed by atoms with Gasteiger partial charge in [0.1, 0.15) is 11.6 Å². The highest BCUT2D eigenvalue weighted by Crippen LogP contribution is 2.29. The second kappa shape index (κ2) is 6.76. The summed E-state index contributed by atoms with van der Waals surface area (Å²) in [6.45, 7) is 3.95. The number of thioether (sulfide) groups is 1. The molecular formula is C17H18FN3O2S. The Kier molecular flexibility index (Phi) is 4.71. The lowest BCUT2D eigenvalue weighted by Crippen LogP contribution is -2.27. The van der Waals surface area contributed by atoms with Gasteiger partial charge in [0, 0.05) is 31.7 Å². The molecule has 1 unspecified atom stereocenters. The molecule has 1 atom stereocenters. The minimum Gasteiger partial charge on any atom is -0.296 e. The van der Waals surface area contributed by atoms with Gasteiger partial charge in [0.25, 0.3) is 0 Å². The molecule has 1 aliphatic heterocycles. The number of amides is 1. The minimum absolute atomic E-state index is 0.0208. The topological polar surface area (TPSA) is 55.2 Å². The molecule has 0 radical (unpaired) electrons. The molecule has 1 saturated heterocycles. The fraction of sp³-hybridized carbons (Fsp3) is 0.353. The zero-order valence-corrected chi connectivity index (χ0v) is 14.3. The predicted octanol–water partition coefficient (Wildman–Crippen LogP) is 2.95. The number of carbonyl (C=O) groups excluding carboxylic acids is 2. The molecule has 0 N–H and O–H groups in total. The Morgan fingerprint density at radius 1 is 1.38 bits per heavy atom. The Hall–Kier alpha value is -2.15. The summed E-state index contributed by atoms with van der Waals surface area (Å²) < 4.78 is 14.8. The van der Waals surface area contributed by atoms with Gasteiger partial charge in [0.15, 0.2) is 5.12 Å². The van der Waals surface area contributed by atoms with Gasteiger partial charge in [-0.25, -0.2) is 9.07 Å². The van der Waals surface area contributed by atoms with Crippen LogP contribution < -0.4 is 4.90 Å². The van der Waals surface area contributed by atoms with Gasteiger partial charge in [-0.1, -0.05) is 11.8 Å². The molecule has 0 bridgehead atoms. The van der Waals surface area contributed by atoms with Crippen molar-refractivity contribution in [2.24, 2.45) is 5.92 Å². The average Bonchev–Trinajstić information content (AvgIpc) is 3.08. The van der Waals surface area contributed by atoms with Crippen LogP contribution in [0.5, 0.6) is 0 Å². The monoisotopic (exact) mass is 347 g/mol. The number of carbonyl (C=O) groups is 2. The molecule has 0 saturated carbocycles. The summed E-state index contributed by atoms with van der Waals surface area (Å²) in [6.07, 6.45) is 0.425. The Morgan fingerprint density at radius 3 is 2.75 bits per heavy atom. The largest absolute Gasteiger partial charge is 0.296 e. The number of aryl methyl sites for hydroxylation is 1. The number of nitrogens with zero attached hydrogens (tertiary/aromatic N) is 3. The van der Waals surface area contributed by atoms with Crippen molar-refractivity contribution in [2.45, 2.75) is 20.3 Å². The fourth-order valence-electron chi connectivity index (χ4n) is 2.80. The first-order chi connectivity index (χ1) is 11.4. The maximum atomic E-state index is 13.1. The maximum Gasteiger partial charge on any atom is 0.228 e. The molecule has 3 rings (SSSR count). The summed E-state index contributed by atoms with van der Waals surface area (Å²) in [6, 6.07) is 7.86. The first kappa shape index (κ1) is 16.7. The molecule has 7 heteroatoms. The first-order valence-corrected chi connectivity index (χ1v) is 8.69. The molecule has 0 spiro atoms. The molecular weight excluding hydrogens is 329 g/mol. The van der Waals surface area contributed by atoms with Crippen LogP contribution in [0, 0.1) is 18.7 Å². The third kappa shape index (κ3) is 3.51. The van der Waals surface area contributed by atoms with Crippen LogP contribution >= 0.6 is 11.8 Å². The Balaban J connectivity index is 1.86. The van der Waals surface area contributed by atoms with Crippen LogP contribution in [0.15, 0.2) is 30.3 Å². The van der Waals surface area contributed by atoms with E-state index in [4.69, 9.17) is 0 Å². The van der Waals surface area contributed by atoms with Crippen LogP contribution in [-0.2, 0) is 9.59 Å². The highest BCUT2D eigenvalue weighted by Gasteiger charge is 2.33. The molecule has 24 heavy (non-hydrogen) atoms. The number of rotatable bonds is 4. The fourth-order valence-corrected chi connectivity index (χ4v) is 3.49. The Morgan fingerprint density at radius 2 is 2.08 bits per heavy atom. The first-order valence-electron chi connectivity index (χ1n) is 7.70. The van der Waals surface area contributed by atoms with Gasteiger partial charge in [-0.15, -0.1) is 0 Å². The summed E-state index contributed by atoms with van der Waals surface area (Å²) >= 11 is 1.25. The quantitative estimate of drug-likeness (QED) is 0.853. The lowest BCUT2D eigenvalue weighted by atomic mass is 10.1. The Labute approximate surface area is 143 Å². The highest BCUT2D eigenvalue weighted by atomic mass is 32.2. The SMILES string of the molecule is CC(=O)SCC1CC(=O)N(c2cc(C)nn2-c2ccc(F)cc2)C1. The lowest BCUT2D eigenvalue weighted by molar-refractivity contribution is -0.117. The van der Waals surface area contributed by atoms with Crippen molar-refractivity contribution in [1.82, 2.24) is 9.78 Å². The summed E-state index contributed by atoms with van der Waals surface area (Å²) in [5.41, 5.74) is 1.48. The van der Waals surface area contributed by atoms with E-state index in [0.717, 1.165) is 5.69 Å². The van der Waals surface area contributed by atoms with Gasteiger partial charge in [-0.3, -0.25) is 14.5 Å². The van der Waals surface area contributed by atoms with E-state index in [1.807, 2.05) is 13.0 Å². The van der Waals surface area contributed by atoms with Crippen LogP contribution in [0.25, 0.3) is 5.69 Å². The number of aromatic nitrogens is 2. The van der Waals surface area contributed by atoms with E-state index in [-0.39, 0.29) is 22.8 Å². The molecule has 2 aromatic rings. The molecule has 1 aromatic carbocycles. The van der Waals surface area contributed by atoms with Gasteiger partial charge in [-0.05, 0) is 37.1 Å². The van der Waals surface area contributed by atoms with E-state index >= 15 is 0 Å². The highest BCUT2D eigenvalue weighted by molar-refractivity contribution is 8.13. The van der Waals surface area contributed by atoms with Crippen LogP contribution in [0.3, 0.4) is 0 Å². The van der Waals surface area contributed by atoms with Crippen molar-refractivity contribution < 1.29 is 14.0 Å². The molecule has 5 nitrogen and oxygen atoms in total. The van der Waals surface area contributed by atoms with Gasteiger partial charge < -0.3 is 0 Å². The van der Waals surface area contributed by atoms with E-state index in [1.165, 1.54) is 30.8 Å². The van der Waals surface area contributed by atoms with Gasteiger partial charge in [0.05, 0.1) is 11.4 Å². The minimum atomic E-state index is -0.317. The standard InChI is InChI=1S/C17H18FN3O2S/c1-11-7-16(21(19-11)15-5-3-14(18)4-6-15)20-9-13(8-17(20)23)10-24-12(2)22/h3-7,13H,8-10H2,1-2H3. The van der Waals surface area contributed by atoms with Crippen LogP contribution in [0.4, 0.5) is 10.2 Å². The van der Waals surface area contributed by atoms with Crippen molar-refractivity contribution in [2.75, 3.05) is 17.2 Å². The number of benzene rings is 1. The van der Waals surface area contributed by atoms with Crippen molar-refractivity contribution in [1.29, 1.82) is 0 Å². The maximum absolute atomic E-state index is 13.1. The molecule has 2 heterocycles. The average molecular weight is 347 g/mol. The van der Waals surface area contributed by atoms with Crippen LogP contribution in [0.2, 0.25) is 0 Å². The zero-order valence-electron chi connectivity index (χ0n) is 13.5. The van der Waals surface area contributed by atoms with Crippen molar-refractivity contribution >= 4 is 28.6 Å². The van der Waals surface area contributed by atoms with Crippen LogP contribution in [0.1, 0.15) is 19.0 Å². The van der Waals surface area contributed by atoms with E-state index in [2.05, 4.69) is 5.10 Å². The van der Waals surface area contributed by atoms with E-state index in [9.17, 15) is 14.0 Å². The number of anilines is 1. The number of halogens is 1. The third-order valence-corrected chi connectivity index (χ3v) is 4.93.